The van der Waals surface area contributed by atoms with Gasteiger partial charge >= 0.3 is 11.9 Å². The van der Waals surface area contributed by atoms with Gasteiger partial charge in [-0.2, -0.15) is 0 Å². The first-order valence-electron chi connectivity index (χ1n) is 6.05. The monoisotopic (exact) mass is 318 g/mol. The second-order valence-corrected chi connectivity index (χ2v) is 4.71. The first-order chi connectivity index (χ1) is 10.5. The molecule has 0 N–H and O–H groups in total. The molecule has 0 bridgehead atoms. The molecule has 0 fully saturated rings. The van der Waals surface area contributed by atoms with Crippen molar-refractivity contribution in [2.75, 3.05) is 0 Å². The first kappa shape index (κ1) is 14.0. The van der Waals surface area contributed by atoms with Gasteiger partial charge in [0.25, 0.3) is 0 Å². The van der Waals surface area contributed by atoms with Crippen molar-refractivity contribution in [3.05, 3.63) is 68.6 Å². The summed E-state index contributed by atoms with van der Waals surface area (Å²) < 4.78 is 9.99. The molecule has 0 saturated carbocycles. The lowest BCUT2D eigenvalue weighted by Gasteiger charge is -1.98. The Morgan fingerprint density at radius 3 is 2.55 bits per heavy atom. The van der Waals surface area contributed by atoms with Gasteiger partial charge in [-0.25, -0.2) is 9.79 Å². The normalized spacial score (nSPS) is 15.8. The summed E-state index contributed by atoms with van der Waals surface area (Å²) >= 11 is 5.78. The first-order valence-corrected chi connectivity index (χ1v) is 6.43. The van der Waals surface area contributed by atoms with Crippen LogP contribution in [0.2, 0.25) is 5.02 Å². The summed E-state index contributed by atoms with van der Waals surface area (Å²) in [5.74, 6) is -0.808. The van der Waals surface area contributed by atoms with E-state index in [1.165, 1.54) is 18.2 Å². The number of cyclic esters (lactones) is 1. The molecule has 0 amide bonds. The largest absolute Gasteiger partial charge is 0.433 e. The van der Waals surface area contributed by atoms with E-state index in [9.17, 15) is 14.9 Å². The zero-order chi connectivity index (χ0) is 15.7. The maximum absolute atomic E-state index is 11.8. The molecule has 7 nitrogen and oxygen atoms in total. The fourth-order valence-electron chi connectivity index (χ4n) is 1.78. The van der Waals surface area contributed by atoms with Crippen LogP contribution in [0.1, 0.15) is 11.3 Å². The van der Waals surface area contributed by atoms with Crippen molar-refractivity contribution in [2.24, 2.45) is 4.99 Å². The lowest BCUT2D eigenvalue weighted by atomic mass is 10.2. The number of hydrogen-bond acceptors (Lipinski definition) is 6. The van der Waals surface area contributed by atoms with E-state index < -0.39 is 16.8 Å². The number of hydrogen-bond donors (Lipinski definition) is 0. The molecule has 1 aromatic carbocycles. The second kappa shape index (κ2) is 5.45. The number of carbonyl (C=O) groups excluding carboxylic acids is 1. The molecular weight excluding hydrogens is 312 g/mol. The predicted molar refractivity (Wildman–Crippen MR) is 77.4 cm³/mol. The van der Waals surface area contributed by atoms with E-state index in [2.05, 4.69) is 4.99 Å². The average molecular weight is 319 g/mol. The highest BCUT2D eigenvalue weighted by Crippen LogP contribution is 2.23. The van der Waals surface area contributed by atoms with Crippen LogP contribution in [0.15, 0.2) is 51.5 Å². The molecule has 0 spiro atoms. The van der Waals surface area contributed by atoms with E-state index >= 15 is 0 Å². The number of ether oxygens (including phenoxy) is 1. The van der Waals surface area contributed by atoms with Crippen molar-refractivity contribution in [3.63, 3.8) is 0 Å². The molecule has 0 saturated heterocycles. The van der Waals surface area contributed by atoms with Crippen LogP contribution >= 0.6 is 11.6 Å². The molecule has 110 valence electrons. The van der Waals surface area contributed by atoms with Gasteiger partial charge < -0.3 is 9.15 Å². The Kier molecular flexibility index (Phi) is 3.48. The molecule has 22 heavy (non-hydrogen) atoms. The smallest absolute Gasteiger partial charge is 0.402 e. The van der Waals surface area contributed by atoms with Crippen molar-refractivity contribution in [2.45, 2.75) is 0 Å². The van der Waals surface area contributed by atoms with Gasteiger partial charge in [-0.3, -0.25) is 10.1 Å². The number of benzene rings is 1. The number of nitro groups is 1. The summed E-state index contributed by atoms with van der Waals surface area (Å²) in [6.07, 6.45) is 1.28. The maximum atomic E-state index is 11.8. The average Bonchev–Trinajstić information content (AvgIpc) is 3.08. The summed E-state index contributed by atoms with van der Waals surface area (Å²) in [7, 11) is 0. The summed E-state index contributed by atoms with van der Waals surface area (Å²) in [6.45, 7) is 0. The van der Waals surface area contributed by atoms with E-state index in [0.717, 1.165) is 0 Å². The molecule has 0 radical (unpaired) electrons. The Bertz CT molecular complexity index is 820. The molecule has 3 rings (SSSR count). The van der Waals surface area contributed by atoms with Crippen molar-refractivity contribution in [3.8, 4) is 0 Å². The van der Waals surface area contributed by atoms with E-state index in [4.69, 9.17) is 20.8 Å². The van der Waals surface area contributed by atoms with E-state index in [1.54, 1.807) is 24.3 Å². The molecule has 8 heteroatoms. The zero-order valence-electron chi connectivity index (χ0n) is 10.9. The predicted octanol–water partition coefficient (Wildman–Crippen LogP) is 3.19. The van der Waals surface area contributed by atoms with Crippen LogP contribution in [0.5, 0.6) is 0 Å². The van der Waals surface area contributed by atoms with E-state index in [0.29, 0.717) is 10.6 Å². The number of furan rings is 1. The number of rotatable bonds is 3. The Morgan fingerprint density at radius 1 is 1.18 bits per heavy atom. The topological polar surface area (TPSA) is 94.9 Å². The minimum atomic E-state index is -0.669. The van der Waals surface area contributed by atoms with E-state index in [-0.39, 0.29) is 17.4 Å². The van der Waals surface area contributed by atoms with Crippen LogP contribution in [-0.2, 0) is 9.53 Å². The number of nitrogens with zero attached hydrogens (tertiary/aromatic N) is 2. The van der Waals surface area contributed by atoms with Crippen molar-refractivity contribution < 1.29 is 18.9 Å². The number of aliphatic imine (C=N–C) groups is 1. The van der Waals surface area contributed by atoms with Crippen LogP contribution in [0, 0.1) is 10.1 Å². The number of carbonyl (C=O) groups is 1. The minimum absolute atomic E-state index is 0.00537. The van der Waals surface area contributed by atoms with Crippen LogP contribution in [0.3, 0.4) is 0 Å². The van der Waals surface area contributed by atoms with Gasteiger partial charge in [0.15, 0.2) is 5.70 Å². The van der Waals surface area contributed by atoms with Crippen molar-refractivity contribution >= 4 is 35.4 Å². The molecule has 0 unspecified atom stereocenters. The van der Waals surface area contributed by atoms with Crippen LogP contribution in [-0.4, -0.2) is 16.8 Å². The highest BCUT2D eigenvalue weighted by molar-refractivity contribution is 6.30. The van der Waals surface area contributed by atoms with Gasteiger partial charge in [0.2, 0.25) is 5.90 Å². The van der Waals surface area contributed by atoms with Gasteiger partial charge in [0.1, 0.15) is 10.7 Å². The second-order valence-electron chi connectivity index (χ2n) is 4.28. The van der Waals surface area contributed by atoms with E-state index in [1.807, 2.05) is 0 Å². The highest BCUT2D eigenvalue weighted by Gasteiger charge is 2.25. The molecule has 0 atom stereocenters. The Balaban J connectivity index is 1.90. The quantitative estimate of drug-likeness (QED) is 0.375. The lowest BCUT2D eigenvalue weighted by Crippen LogP contribution is -2.05. The fraction of sp³-hybridized carbons (Fsp3) is 0. The molecule has 1 aliphatic rings. The molecule has 2 heterocycles. The minimum Gasteiger partial charge on any atom is -0.402 e. The van der Waals surface area contributed by atoms with Gasteiger partial charge in [-0.15, -0.1) is 0 Å². The standard InChI is InChI=1S/C14H7ClN2O5/c15-9-3-1-8(2-4-9)13-16-11(14(18)22-13)7-10-5-6-12(21-10)17(19)20/h1-7H/b11-7-. The van der Waals surface area contributed by atoms with Crippen molar-refractivity contribution in [1.82, 2.24) is 0 Å². The van der Waals surface area contributed by atoms with Crippen LogP contribution in [0.25, 0.3) is 6.08 Å². The third kappa shape index (κ3) is 2.75. The Labute approximate surface area is 128 Å². The summed E-state index contributed by atoms with van der Waals surface area (Å²) in [5.41, 5.74) is 0.584. The zero-order valence-corrected chi connectivity index (χ0v) is 11.6. The van der Waals surface area contributed by atoms with Gasteiger partial charge in [-0.1, -0.05) is 11.6 Å². The fourth-order valence-corrected chi connectivity index (χ4v) is 1.90. The van der Waals surface area contributed by atoms with Crippen molar-refractivity contribution in [1.29, 1.82) is 0 Å². The Hall–Kier alpha value is -2.93. The summed E-state index contributed by atoms with van der Waals surface area (Å²) in [6, 6.07) is 9.17. The van der Waals surface area contributed by atoms with Gasteiger partial charge in [-0.05, 0) is 30.3 Å². The third-order valence-corrected chi connectivity index (χ3v) is 3.04. The molecule has 1 aromatic heterocycles. The third-order valence-electron chi connectivity index (χ3n) is 2.78. The SMILES string of the molecule is O=C1OC(c2ccc(Cl)cc2)=N/C1=C\c1ccc([N+](=O)[O-])o1. The summed E-state index contributed by atoms with van der Waals surface area (Å²) in [4.78, 5) is 25.7. The number of esters is 1. The van der Waals surface area contributed by atoms with Crippen LogP contribution in [0.4, 0.5) is 5.88 Å². The van der Waals surface area contributed by atoms with Gasteiger partial charge in [0, 0.05) is 16.7 Å². The Morgan fingerprint density at radius 2 is 1.91 bits per heavy atom. The maximum Gasteiger partial charge on any atom is 0.433 e. The molecule has 2 aromatic rings. The van der Waals surface area contributed by atoms with Gasteiger partial charge in [0.05, 0.1) is 6.07 Å². The summed E-state index contributed by atoms with van der Waals surface area (Å²) in [5, 5.41) is 11.1. The lowest BCUT2D eigenvalue weighted by molar-refractivity contribution is -0.402. The molecule has 0 aliphatic carbocycles. The van der Waals surface area contributed by atoms with Crippen LogP contribution < -0.4 is 0 Å². The molecule has 1 aliphatic heterocycles. The number of halogens is 1. The molecular formula is C14H7ClN2O5. The highest BCUT2D eigenvalue weighted by atomic mass is 35.5.